The molecule has 1 aliphatic carbocycles. The average Bonchev–Trinajstić information content (AvgIpc) is 3.51. The molecule has 5 nitrogen and oxygen atoms in total. The van der Waals surface area contributed by atoms with Crippen LogP contribution in [0.3, 0.4) is 0 Å². The van der Waals surface area contributed by atoms with Crippen molar-refractivity contribution in [1.82, 2.24) is 15.3 Å². The van der Waals surface area contributed by atoms with Gasteiger partial charge in [-0.25, -0.2) is 14.8 Å². The Bertz CT molecular complexity index is 1020. The third kappa shape index (κ3) is 4.29. The smallest absolute Gasteiger partial charge is 0.225 e. The minimum atomic E-state index is 0.474. The molecule has 3 fully saturated rings. The number of nitrogens with zero attached hydrogens (tertiary/aromatic N) is 4. The number of piperidine rings is 1. The fourth-order valence-corrected chi connectivity index (χ4v) is 5.18. The number of hydrogen-bond acceptors (Lipinski definition) is 4. The number of aromatic nitrogens is 2. The van der Waals surface area contributed by atoms with Gasteiger partial charge in [-0.1, -0.05) is 48.9 Å². The van der Waals surface area contributed by atoms with Crippen LogP contribution in [-0.2, 0) is 0 Å². The molecule has 5 heteroatoms. The van der Waals surface area contributed by atoms with Crippen molar-refractivity contribution in [3.05, 3.63) is 47.4 Å². The van der Waals surface area contributed by atoms with Crippen LogP contribution in [0.4, 0.5) is 11.6 Å². The molecule has 0 unspecified atom stereocenters. The first-order valence-corrected chi connectivity index (χ1v) is 11.6. The highest BCUT2D eigenvalue weighted by atomic mass is 15.3. The topological polar surface area (TPSA) is 45.4 Å². The van der Waals surface area contributed by atoms with Gasteiger partial charge in [-0.05, 0) is 49.6 Å². The van der Waals surface area contributed by atoms with Crippen LogP contribution in [0.1, 0.15) is 50.5 Å². The fourth-order valence-electron chi connectivity index (χ4n) is 5.18. The van der Waals surface area contributed by atoms with E-state index in [0.29, 0.717) is 17.0 Å². The molecular formula is C26H29N5. The second-order valence-electron chi connectivity index (χ2n) is 9.26. The van der Waals surface area contributed by atoms with Crippen molar-refractivity contribution in [1.29, 1.82) is 0 Å². The molecule has 5 rings (SSSR count). The summed E-state index contributed by atoms with van der Waals surface area (Å²) in [5, 5.41) is 3.54. The molecule has 2 saturated heterocycles. The Hall–Kier alpha value is -2.89. The molecule has 0 atom stereocenters. The third-order valence-corrected chi connectivity index (χ3v) is 7.25. The predicted octanol–water partition coefficient (Wildman–Crippen LogP) is 4.82. The van der Waals surface area contributed by atoms with Crippen LogP contribution in [0.2, 0.25) is 0 Å². The lowest BCUT2D eigenvalue weighted by atomic mass is 9.78. The van der Waals surface area contributed by atoms with Crippen LogP contribution in [0.25, 0.3) is 16.1 Å². The van der Waals surface area contributed by atoms with E-state index in [1.807, 2.05) is 30.5 Å². The van der Waals surface area contributed by atoms with Gasteiger partial charge in [-0.15, -0.1) is 0 Å². The standard InChI is InChI=1S/C26H29N5/c1-27-23-10-8-21(9-11-23)24-22(7-6-20-4-2-3-5-20)18-29-25(30-24)31-16-13-26(14-17-31)12-15-28-19-26/h8-11,18,20,28H,2-5,12-17,19H2. The first-order valence-electron chi connectivity index (χ1n) is 11.6. The molecule has 1 N–H and O–H groups in total. The number of hydrogen-bond donors (Lipinski definition) is 1. The van der Waals surface area contributed by atoms with Crippen molar-refractivity contribution >= 4 is 11.6 Å². The fraction of sp³-hybridized carbons (Fsp3) is 0.500. The van der Waals surface area contributed by atoms with E-state index in [2.05, 4.69) is 26.9 Å². The summed E-state index contributed by atoms with van der Waals surface area (Å²) in [5.41, 5.74) is 3.89. The highest BCUT2D eigenvalue weighted by Gasteiger charge is 2.37. The molecule has 2 aliphatic heterocycles. The summed E-state index contributed by atoms with van der Waals surface area (Å²) in [5.74, 6) is 8.15. The SMILES string of the molecule is [C-]#[N+]c1ccc(-c2nc(N3CCC4(CCNC4)CC3)ncc2C#CC2CCCC2)cc1. The Morgan fingerprint density at radius 1 is 1.10 bits per heavy atom. The zero-order valence-corrected chi connectivity index (χ0v) is 18.0. The van der Waals surface area contributed by atoms with Crippen LogP contribution in [0, 0.1) is 29.7 Å². The molecule has 1 aromatic carbocycles. The number of anilines is 1. The van der Waals surface area contributed by atoms with E-state index in [0.717, 1.165) is 48.9 Å². The third-order valence-electron chi connectivity index (χ3n) is 7.25. The Morgan fingerprint density at radius 3 is 2.55 bits per heavy atom. The van der Waals surface area contributed by atoms with Gasteiger partial charge in [0.2, 0.25) is 5.95 Å². The van der Waals surface area contributed by atoms with Crippen molar-refractivity contribution in [3.8, 4) is 23.1 Å². The summed E-state index contributed by atoms with van der Waals surface area (Å²) in [7, 11) is 0. The lowest BCUT2D eigenvalue weighted by Gasteiger charge is -2.38. The van der Waals surface area contributed by atoms with Crippen LogP contribution < -0.4 is 10.2 Å². The van der Waals surface area contributed by atoms with Crippen LogP contribution in [0.15, 0.2) is 30.5 Å². The molecule has 158 valence electrons. The largest absolute Gasteiger partial charge is 0.341 e. The van der Waals surface area contributed by atoms with Crippen molar-refractivity contribution in [2.24, 2.45) is 11.3 Å². The van der Waals surface area contributed by atoms with Gasteiger partial charge in [0.05, 0.1) is 17.8 Å². The molecular weight excluding hydrogens is 382 g/mol. The van der Waals surface area contributed by atoms with Crippen LogP contribution in [-0.4, -0.2) is 36.1 Å². The highest BCUT2D eigenvalue weighted by molar-refractivity contribution is 5.70. The maximum Gasteiger partial charge on any atom is 0.225 e. The monoisotopic (exact) mass is 411 g/mol. The zero-order chi connectivity index (χ0) is 21.1. The van der Waals surface area contributed by atoms with Gasteiger partial charge in [-0.3, -0.25) is 0 Å². The molecule has 3 heterocycles. The molecule has 0 bridgehead atoms. The Labute approximate surface area is 185 Å². The lowest BCUT2D eigenvalue weighted by molar-refractivity contribution is 0.246. The molecule has 2 aromatic rings. The summed E-state index contributed by atoms with van der Waals surface area (Å²) in [4.78, 5) is 15.6. The van der Waals surface area contributed by atoms with E-state index in [1.165, 1.54) is 44.9 Å². The zero-order valence-electron chi connectivity index (χ0n) is 18.0. The van der Waals surface area contributed by atoms with Crippen molar-refractivity contribution in [2.75, 3.05) is 31.1 Å². The molecule has 31 heavy (non-hydrogen) atoms. The van der Waals surface area contributed by atoms with E-state index in [1.54, 1.807) is 0 Å². The van der Waals surface area contributed by atoms with Crippen LogP contribution >= 0.6 is 0 Å². The number of nitrogens with one attached hydrogen (secondary N) is 1. The first kappa shape index (κ1) is 20.0. The van der Waals surface area contributed by atoms with Gasteiger partial charge in [0.1, 0.15) is 0 Å². The number of rotatable bonds is 2. The maximum atomic E-state index is 7.22. The van der Waals surface area contributed by atoms with Gasteiger partial charge in [-0.2, -0.15) is 0 Å². The molecule has 1 saturated carbocycles. The van der Waals surface area contributed by atoms with E-state index >= 15 is 0 Å². The van der Waals surface area contributed by atoms with Gasteiger partial charge in [0.25, 0.3) is 0 Å². The highest BCUT2D eigenvalue weighted by Crippen LogP contribution is 2.38. The average molecular weight is 412 g/mol. The van der Waals surface area contributed by atoms with Gasteiger partial charge in [0.15, 0.2) is 5.69 Å². The summed E-state index contributed by atoms with van der Waals surface area (Å²) < 4.78 is 0. The Morgan fingerprint density at radius 2 is 1.87 bits per heavy atom. The molecule has 0 amide bonds. The van der Waals surface area contributed by atoms with Crippen molar-refractivity contribution < 1.29 is 0 Å². The second-order valence-corrected chi connectivity index (χ2v) is 9.26. The predicted molar refractivity (Wildman–Crippen MR) is 124 cm³/mol. The first-order chi connectivity index (χ1) is 15.2. The molecule has 0 radical (unpaired) electrons. The molecule has 1 aromatic heterocycles. The van der Waals surface area contributed by atoms with Gasteiger partial charge < -0.3 is 10.2 Å². The summed E-state index contributed by atoms with van der Waals surface area (Å²) in [6.45, 7) is 11.5. The Balaban J connectivity index is 1.44. The number of benzene rings is 1. The summed E-state index contributed by atoms with van der Waals surface area (Å²) in [6, 6.07) is 7.68. The Kier molecular flexibility index (Phi) is 5.62. The van der Waals surface area contributed by atoms with Crippen LogP contribution in [0.5, 0.6) is 0 Å². The van der Waals surface area contributed by atoms with Crippen molar-refractivity contribution in [3.63, 3.8) is 0 Å². The van der Waals surface area contributed by atoms with Gasteiger partial charge in [0, 0.05) is 31.7 Å². The quantitative estimate of drug-likeness (QED) is 0.569. The minimum Gasteiger partial charge on any atom is -0.341 e. The summed E-state index contributed by atoms with van der Waals surface area (Å²) in [6.07, 6.45) is 10.6. The second kappa shape index (κ2) is 8.69. The minimum absolute atomic E-state index is 0.474. The normalized spacial score (nSPS) is 20.4. The van der Waals surface area contributed by atoms with E-state index in [-0.39, 0.29) is 0 Å². The van der Waals surface area contributed by atoms with E-state index in [9.17, 15) is 0 Å². The van der Waals surface area contributed by atoms with E-state index in [4.69, 9.17) is 16.5 Å². The lowest BCUT2D eigenvalue weighted by Crippen LogP contribution is -2.42. The van der Waals surface area contributed by atoms with Crippen molar-refractivity contribution in [2.45, 2.75) is 44.9 Å². The maximum absolute atomic E-state index is 7.22. The molecule has 3 aliphatic rings. The summed E-state index contributed by atoms with van der Waals surface area (Å²) >= 11 is 0. The molecule has 1 spiro atoms. The van der Waals surface area contributed by atoms with Gasteiger partial charge >= 0.3 is 0 Å². The van der Waals surface area contributed by atoms with E-state index < -0.39 is 0 Å².